The second kappa shape index (κ2) is 8.96. The van der Waals surface area contributed by atoms with E-state index in [-0.39, 0.29) is 24.0 Å². The molecule has 0 heterocycles. The molecule has 0 radical (unpaired) electrons. The molecule has 28 heavy (non-hydrogen) atoms. The van der Waals surface area contributed by atoms with Crippen molar-refractivity contribution in [3.8, 4) is 5.75 Å². The summed E-state index contributed by atoms with van der Waals surface area (Å²) in [5, 5.41) is 2.90. The van der Waals surface area contributed by atoms with Crippen molar-refractivity contribution in [3.05, 3.63) is 65.2 Å². The third-order valence-electron chi connectivity index (χ3n) is 3.58. The van der Waals surface area contributed by atoms with Crippen LogP contribution in [0.25, 0.3) is 0 Å². The first-order valence-electron chi connectivity index (χ1n) is 8.15. The molecule has 2 aromatic carbocycles. The maximum atomic E-state index is 12.1. The lowest BCUT2D eigenvalue weighted by molar-refractivity contribution is -0.274. The highest BCUT2D eigenvalue weighted by Gasteiger charge is 2.30. The van der Waals surface area contributed by atoms with E-state index in [1.54, 1.807) is 24.3 Å². The molecule has 152 valence electrons. The number of guanidine groups is 1. The molecule has 2 rings (SSSR count). The number of halogens is 3. The van der Waals surface area contributed by atoms with Gasteiger partial charge in [0.25, 0.3) is 0 Å². The SMILES string of the molecule is CS(=O)(=O)Cc1ccccc1CNC(N)=NCc1ccc(OC(F)(F)F)cc1. The summed E-state index contributed by atoms with van der Waals surface area (Å²) in [4.78, 5) is 4.12. The van der Waals surface area contributed by atoms with Crippen LogP contribution >= 0.6 is 0 Å². The smallest absolute Gasteiger partial charge is 0.406 e. The third kappa shape index (κ3) is 7.87. The molecule has 10 heteroatoms. The number of ether oxygens (including phenoxy) is 1. The molecule has 0 unspecified atom stereocenters. The molecule has 0 amide bonds. The van der Waals surface area contributed by atoms with Gasteiger partial charge in [-0.3, -0.25) is 0 Å². The molecule has 0 aromatic heterocycles. The van der Waals surface area contributed by atoms with Crippen LogP contribution in [0.4, 0.5) is 13.2 Å². The highest BCUT2D eigenvalue weighted by Crippen LogP contribution is 2.22. The molecule has 0 aliphatic rings. The van der Waals surface area contributed by atoms with Crippen molar-refractivity contribution in [2.24, 2.45) is 10.7 Å². The van der Waals surface area contributed by atoms with Gasteiger partial charge in [0.1, 0.15) is 5.75 Å². The number of aliphatic imine (C=N–C) groups is 1. The van der Waals surface area contributed by atoms with Crippen LogP contribution in [0.15, 0.2) is 53.5 Å². The van der Waals surface area contributed by atoms with E-state index in [1.807, 2.05) is 0 Å². The average Bonchev–Trinajstić information content (AvgIpc) is 2.58. The van der Waals surface area contributed by atoms with E-state index in [1.165, 1.54) is 24.3 Å². The Morgan fingerprint density at radius 2 is 1.71 bits per heavy atom. The first-order chi connectivity index (χ1) is 13.0. The molecule has 0 saturated carbocycles. The number of nitrogens with zero attached hydrogens (tertiary/aromatic N) is 1. The van der Waals surface area contributed by atoms with E-state index in [4.69, 9.17) is 5.73 Å². The van der Waals surface area contributed by atoms with Crippen LogP contribution in [0.5, 0.6) is 5.75 Å². The van der Waals surface area contributed by atoms with Gasteiger partial charge in [0.05, 0.1) is 12.3 Å². The molecule has 0 spiro atoms. The second-order valence-electron chi connectivity index (χ2n) is 6.09. The Labute approximate surface area is 161 Å². The fourth-order valence-electron chi connectivity index (χ4n) is 2.37. The summed E-state index contributed by atoms with van der Waals surface area (Å²) < 4.78 is 63.2. The zero-order chi connectivity index (χ0) is 20.8. The lowest BCUT2D eigenvalue weighted by Gasteiger charge is -2.11. The summed E-state index contributed by atoms with van der Waals surface area (Å²) in [7, 11) is -3.17. The second-order valence-corrected chi connectivity index (χ2v) is 8.23. The van der Waals surface area contributed by atoms with Crippen LogP contribution in [0.1, 0.15) is 16.7 Å². The molecule has 0 aliphatic carbocycles. The minimum atomic E-state index is -4.73. The summed E-state index contributed by atoms with van der Waals surface area (Å²) in [5.74, 6) is -0.257. The molecule has 3 N–H and O–H groups in total. The van der Waals surface area contributed by atoms with Crippen molar-refractivity contribution in [3.63, 3.8) is 0 Å². The molecule has 0 fully saturated rings. The van der Waals surface area contributed by atoms with Crippen LogP contribution in [0.2, 0.25) is 0 Å². The van der Waals surface area contributed by atoms with Gasteiger partial charge in [0.15, 0.2) is 15.8 Å². The van der Waals surface area contributed by atoms with Crippen molar-refractivity contribution < 1.29 is 26.3 Å². The number of alkyl halides is 3. The molecule has 6 nitrogen and oxygen atoms in total. The van der Waals surface area contributed by atoms with Gasteiger partial charge >= 0.3 is 6.36 Å². The number of nitrogens with two attached hydrogens (primary N) is 1. The molecule has 0 bridgehead atoms. The summed E-state index contributed by atoms with van der Waals surface area (Å²) in [6, 6.07) is 12.4. The molecular weight excluding hydrogens is 395 g/mol. The molecule has 2 aromatic rings. The third-order valence-corrected chi connectivity index (χ3v) is 4.42. The van der Waals surface area contributed by atoms with Crippen LogP contribution in [-0.4, -0.2) is 27.0 Å². The number of hydrogen-bond donors (Lipinski definition) is 2. The highest BCUT2D eigenvalue weighted by atomic mass is 32.2. The van der Waals surface area contributed by atoms with Crippen molar-refractivity contribution in [1.82, 2.24) is 5.32 Å². The van der Waals surface area contributed by atoms with Crippen LogP contribution in [0.3, 0.4) is 0 Å². The zero-order valence-electron chi connectivity index (χ0n) is 15.0. The molecular formula is C18H20F3N3O3S. The fourth-order valence-corrected chi connectivity index (χ4v) is 3.21. The van der Waals surface area contributed by atoms with Gasteiger partial charge in [-0.15, -0.1) is 13.2 Å². The fraction of sp³-hybridized carbons (Fsp3) is 0.278. The number of hydrogen-bond acceptors (Lipinski definition) is 4. The summed E-state index contributed by atoms with van der Waals surface area (Å²) in [5.41, 5.74) is 7.91. The van der Waals surface area contributed by atoms with E-state index < -0.39 is 16.2 Å². The summed E-state index contributed by atoms with van der Waals surface area (Å²) in [6.07, 6.45) is -3.57. The maximum absolute atomic E-state index is 12.1. The normalized spacial score (nSPS) is 12.6. The summed E-state index contributed by atoms with van der Waals surface area (Å²) in [6.45, 7) is 0.454. The zero-order valence-corrected chi connectivity index (χ0v) is 15.8. The summed E-state index contributed by atoms with van der Waals surface area (Å²) >= 11 is 0. The standard InChI is InChI=1S/C18H20F3N3O3S/c1-28(25,26)12-15-5-3-2-4-14(15)11-24-17(22)23-10-13-6-8-16(9-7-13)27-18(19,20)21/h2-9H,10-12H2,1H3,(H3,22,23,24). The first-order valence-corrected chi connectivity index (χ1v) is 10.2. The van der Waals surface area contributed by atoms with Gasteiger partial charge in [0, 0.05) is 12.8 Å². The van der Waals surface area contributed by atoms with Crippen LogP contribution < -0.4 is 15.8 Å². The molecule has 0 saturated heterocycles. The van der Waals surface area contributed by atoms with Gasteiger partial charge in [0.2, 0.25) is 0 Å². The lowest BCUT2D eigenvalue weighted by Crippen LogP contribution is -2.31. The van der Waals surface area contributed by atoms with Gasteiger partial charge in [-0.2, -0.15) is 0 Å². The number of benzene rings is 2. The van der Waals surface area contributed by atoms with Crippen molar-refractivity contribution in [1.29, 1.82) is 0 Å². The van der Waals surface area contributed by atoms with E-state index in [2.05, 4.69) is 15.0 Å². The van der Waals surface area contributed by atoms with Gasteiger partial charge in [-0.1, -0.05) is 36.4 Å². The Hall–Kier alpha value is -2.75. The lowest BCUT2D eigenvalue weighted by atomic mass is 10.1. The Kier molecular flexibility index (Phi) is 6.90. The predicted octanol–water partition coefficient (Wildman–Crippen LogP) is 2.73. The van der Waals surface area contributed by atoms with Crippen LogP contribution in [0, 0.1) is 0 Å². The number of rotatable bonds is 7. The average molecular weight is 415 g/mol. The molecule has 0 atom stereocenters. The minimum Gasteiger partial charge on any atom is -0.406 e. The van der Waals surface area contributed by atoms with E-state index >= 15 is 0 Å². The van der Waals surface area contributed by atoms with Crippen molar-refractivity contribution in [2.75, 3.05) is 6.26 Å². The Morgan fingerprint density at radius 1 is 1.11 bits per heavy atom. The van der Waals surface area contributed by atoms with Crippen LogP contribution in [-0.2, 0) is 28.7 Å². The topological polar surface area (TPSA) is 93.8 Å². The van der Waals surface area contributed by atoms with Gasteiger partial charge in [-0.25, -0.2) is 13.4 Å². The monoisotopic (exact) mass is 415 g/mol. The predicted molar refractivity (Wildman–Crippen MR) is 100 cm³/mol. The van der Waals surface area contributed by atoms with E-state index in [0.29, 0.717) is 17.7 Å². The van der Waals surface area contributed by atoms with Crippen molar-refractivity contribution >= 4 is 15.8 Å². The first kappa shape index (κ1) is 21.5. The highest BCUT2D eigenvalue weighted by molar-refractivity contribution is 7.89. The Balaban J connectivity index is 1.93. The van der Waals surface area contributed by atoms with E-state index in [9.17, 15) is 21.6 Å². The maximum Gasteiger partial charge on any atom is 0.573 e. The Bertz CT molecular complexity index is 927. The van der Waals surface area contributed by atoms with Crippen molar-refractivity contribution in [2.45, 2.75) is 25.2 Å². The Morgan fingerprint density at radius 3 is 2.29 bits per heavy atom. The molecule has 0 aliphatic heterocycles. The largest absolute Gasteiger partial charge is 0.573 e. The quantitative estimate of drug-likeness (QED) is 0.536. The van der Waals surface area contributed by atoms with Gasteiger partial charge < -0.3 is 15.8 Å². The van der Waals surface area contributed by atoms with Gasteiger partial charge in [-0.05, 0) is 28.8 Å². The minimum absolute atomic E-state index is 0.0752. The number of sulfone groups is 1. The number of nitrogens with one attached hydrogen (secondary N) is 1. The van der Waals surface area contributed by atoms with E-state index in [0.717, 1.165) is 11.8 Å².